The minimum absolute atomic E-state index is 0.136. The molecule has 0 saturated carbocycles. The summed E-state index contributed by atoms with van der Waals surface area (Å²) in [7, 11) is 0. The van der Waals surface area contributed by atoms with Gasteiger partial charge in [0, 0.05) is 5.56 Å². The van der Waals surface area contributed by atoms with E-state index >= 15 is 0 Å². The second-order valence-corrected chi connectivity index (χ2v) is 3.65. The fourth-order valence-corrected chi connectivity index (χ4v) is 1.66. The van der Waals surface area contributed by atoms with E-state index in [0.29, 0.717) is 6.54 Å². The average molecular weight is 203 g/mol. The van der Waals surface area contributed by atoms with Crippen LogP contribution in [0.15, 0.2) is 30.3 Å². The van der Waals surface area contributed by atoms with Gasteiger partial charge in [0.05, 0.1) is 13.0 Å². The maximum absolute atomic E-state index is 11.7. The first-order chi connectivity index (χ1) is 7.36. The molecule has 0 atom stereocenters. The maximum atomic E-state index is 11.7. The molecule has 0 radical (unpaired) electrons. The molecular weight excluding hydrogens is 188 g/mol. The summed E-state index contributed by atoms with van der Waals surface area (Å²) in [6, 6.07) is 9.37. The number of hydrogen-bond acceptors (Lipinski definition) is 2. The standard InChI is InChI=1S/C12H14N2O/c15-11(10-5-2-1-3-6-10)9-14-12-7-4-8-13-12/h1-3,5-6H,4,7-9H2,(H,13,14)/p+1. The van der Waals surface area contributed by atoms with Gasteiger partial charge in [-0.05, 0) is 6.42 Å². The Kier molecular flexibility index (Phi) is 3.12. The highest BCUT2D eigenvalue weighted by molar-refractivity contribution is 5.99. The summed E-state index contributed by atoms with van der Waals surface area (Å²) in [6.07, 6.45) is 2.18. The molecule has 0 aliphatic carbocycles. The number of benzene rings is 1. The van der Waals surface area contributed by atoms with E-state index in [1.165, 1.54) is 0 Å². The van der Waals surface area contributed by atoms with Gasteiger partial charge in [0.1, 0.15) is 6.54 Å². The van der Waals surface area contributed by atoms with Crippen LogP contribution in [0, 0.1) is 0 Å². The first-order valence-electron chi connectivity index (χ1n) is 5.28. The predicted molar refractivity (Wildman–Crippen MR) is 58.8 cm³/mol. The zero-order valence-corrected chi connectivity index (χ0v) is 8.62. The number of nitrogens with one attached hydrogen (secondary N) is 2. The summed E-state index contributed by atoms with van der Waals surface area (Å²) in [6.45, 7) is 1.40. The largest absolute Gasteiger partial charge is 0.290 e. The van der Waals surface area contributed by atoms with Gasteiger partial charge in [0.25, 0.3) is 0 Å². The maximum Gasteiger partial charge on any atom is 0.243 e. The molecule has 0 bridgehead atoms. The minimum Gasteiger partial charge on any atom is -0.290 e. The topological polar surface area (TPSA) is 43.1 Å². The predicted octanol–water partition coefficient (Wildman–Crippen LogP) is -0.268. The first kappa shape index (κ1) is 9.90. The van der Waals surface area contributed by atoms with Gasteiger partial charge in [0.15, 0.2) is 0 Å². The molecule has 1 aliphatic rings. The van der Waals surface area contributed by atoms with E-state index in [1.54, 1.807) is 0 Å². The molecule has 1 heterocycles. The van der Waals surface area contributed by atoms with Gasteiger partial charge >= 0.3 is 0 Å². The van der Waals surface area contributed by atoms with Crippen LogP contribution in [0.1, 0.15) is 23.2 Å². The van der Waals surface area contributed by atoms with Crippen LogP contribution in [0.5, 0.6) is 0 Å². The number of ketones is 1. The monoisotopic (exact) mass is 203 g/mol. The molecule has 0 spiro atoms. The van der Waals surface area contributed by atoms with E-state index in [0.717, 1.165) is 30.8 Å². The van der Waals surface area contributed by atoms with Crippen molar-refractivity contribution in [2.75, 3.05) is 13.1 Å². The SMILES string of the molecule is O=C(CNC1=[NH+]CCC1)c1ccccc1. The van der Waals surface area contributed by atoms with Gasteiger partial charge in [-0.2, -0.15) is 0 Å². The van der Waals surface area contributed by atoms with Gasteiger partial charge in [0.2, 0.25) is 11.6 Å². The van der Waals surface area contributed by atoms with Crippen molar-refractivity contribution in [3.63, 3.8) is 0 Å². The van der Waals surface area contributed by atoms with Gasteiger partial charge < -0.3 is 0 Å². The summed E-state index contributed by atoms with van der Waals surface area (Å²) >= 11 is 0. The first-order valence-corrected chi connectivity index (χ1v) is 5.28. The Bertz CT molecular complexity index is 370. The molecule has 0 amide bonds. The zero-order chi connectivity index (χ0) is 10.5. The number of hydrogen-bond donors (Lipinski definition) is 2. The number of Topliss-reactive ketones (excluding diaryl/α,β-unsaturated/α-hetero) is 1. The van der Waals surface area contributed by atoms with Gasteiger partial charge in [-0.25, -0.2) is 0 Å². The molecule has 0 unspecified atom stereocenters. The van der Waals surface area contributed by atoms with E-state index < -0.39 is 0 Å². The summed E-state index contributed by atoms with van der Waals surface area (Å²) in [5.74, 6) is 1.23. The lowest BCUT2D eigenvalue weighted by Gasteiger charge is -1.99. The molecular formula is C12H15N2O+. The fourth-order valence-electron chi connectivity index (χ4n) is 1.66. The molecule has 78 valence electrons. The van der Waals surface area contributed by atoms with Crippen molar-refractivity contribution < 1.29 is 9.79 Å². The Labute approximate surface area is 89.2 Å². The number of carbonyl (C=O) groups excluding carboxylic acids is 1. The van der Waals surface area contributed by atoms with E-state index in [-0.39, 0.29) is 5.78 Å². The molecule has 2 N–H and O–H groups in total. The Balaban J connectivity index is 1.87. The Hall–Kier alpha value is -1.64. The Morgan fingerprint density at radius 3 is 2.80 bits per heavy atom. The van der Waals surface area contributed by atoms with Gasteiger partial charge in [-0.15, -0.1) is 0 Å². The third-order valence-electron chi connectivity index (χ3n) is 2.50. The van der Waals surface area contributed by atoms with Crippen molar-refractivity contribution in [2.24, 2.45) is 0 Å². The van der Waals surface area contributed by atoms with Gasteiger partial charge in [-0.3, -0.25) is 15.1 Å². The third-order valence-corrected chi connectivity index (χ3v) is 2.50. The molecule has 1 aliphatic heterocycles. The highest BCUT2D eigenvalue weighted by Crippen LogP contribution is 1.99. The molecule has 0 aromatic heterocycles. The number of carbonyl (C=O) groups is 1. The van der Waals surface area contributed by atoms with E-state index in [1.807, 2.05) is 30.3 Å². The van der Waals surface area contributed by atoms with Crippen LogP contribution in [0.3, 0.4) is 0 Å². The molecule has 0 fully saturated rings. The van der Waals surface area contributed by atoms with Crippen LogP contribution in [-0.4, -0.2) is 24.7 Å². The van der Waals surface area contributed by atoms with Crippen molar-refractivity contribution in [3.8, 4) is 0 Å². The van der Waals surface area contributed by atoms with Crippen molar-refractivity contribution in [1.29, 1.82) is 0 Å². The van der Waals surface area contributed by atoms with Gasteiger partial charge in [-0.1, -0.05) is 30.3 Å². The van der Waals surface area contributed by atoms with E-state index in [9.17, 15) is 4.79 Å². The van der Waals surface area contributed by atoms with Crippen LogP contribution >= 0.6 is 0 Å². The smallest absolute Gasteiger partial charge is 0.243 e. The lowest BCUT2D eigenvalue weighted by atomic mass is 10.1. The highest BCUT2D eigenvalue weighted by Gasteiger charge is 2.14. The number of rotatable bonds is 3. The lowest BCUT2D eigenvalue weighted by molar-refractivity contribution is -0.449. The molecule has 1 aromatic rings. The molecule has 0 saturated heterocycles. The minimum atomic E-state index is 0.136. The van der Waals surface area contributed by atoms with Crippen LogP contribution in [0.4, 0.5) is 0 Å². The Morgan fingerprint density at radius 2 is 2.13 bits per heavy atom. The molecule has 1 aromatic carbocycles. The third kappa shape index (κ3) is 2.65. The number of amidine groups is 1. The summed E-state index contributed by atoms with van der Waals surface area (Å²) in [4.78, 5) is 14.9. The van der Waals surface area contributed by atoms with Crippen molar-refractivity contribution in [1.82, 2.24) is 5.32 Å². The van der Waals surface area contributed by atoms with Crippen LogP contribution in [0.25, 0.3) is 0 Å². The van der Waals surface area contributed by atoms with Crippen LogP contribution in [0.2, 0.25) is 0 Å². The van der Waals surface area contributed by atoms with E-state index in [2.05, 4.69) is 10.3 Å². The lowest BCUT2D eigenvalue weighted by Crippen LogP contribution is -2.72. The second-order valence-electron chi connectivity index (χ2n) is 3.65. The normalized spacial score (nSPS) is 14.8. The Morgan fingerprint density at radius 1 is 1.33 bits per heavy atom. The zero-order valence-electron chi connectivity index (χ0n) is 8.62. The van der Waals surface area contributed by atoms with E-state index in [4.69, 9.17) is 0 Å². The molecule has 2 rings (SSSR count). The fraction of sp³-hybridized carbons (Fsp3) is 0.333. The molecule has 15 heavy (non-hydrogen) atoms. The summed E-state index contributed by atoms with van der Waals surface area (Å²) < 4.78 is 0. The second kappa shape index (κ2) is 4.73. The van der Waals surface area contributed by atoms with Crippen molar-refractivity contribution in [3.05, 3.63) is 35.9 Å². The highest BCUT2D eigenvalue weighted by atomic mass is 16.1. The van der Waals surface area contributed by atoms with Crippen molar-refractivity contribution in [2.45, 2.75) is 12.8 Å². The average Bonchev–Trinajstić information content (AvgIpc) is 2.80. The summed E-state index contributed by atoms with van der Waals surface area (Å²) in [5.41, 5.74) is 0.767. The van der Waals surface area contributed by atoms with Crippen LogP contribution in [-0.2, 0) is 0 Å². The quantitative estimate of drug-likeness (QED) is 0.664. The molecule has 3 nitrogen and oxygen atoms in total. The summed E-state index contributed by atoms with van der Waals surface area (Å²) in [5, 5.41) is 3.14. The van der Waals surface area contributed by atoms with Crippen LogP contribution < -0.4 is 10.3 Å². The molecule has 3 heteroatoms. The van der Waals surface area contributed by atoms with Crippen molar-refractivity contribution >= 4 is 11.6 Å².